The summed E-state index contributed by atoms with van der Waals surface area (Å²) in [6, 6.07) is 4.44. The molecule has 0 aromatic carbocycles. The molecule has 0 amide bonds. The molecule has 1 aromatic rings. The molecule has 1 fully saturated rings. The lowest BCUT2D eigenvalue weighted by Gasteiger charge is -2.29. The normalized spacial score (nSPS) is 22.5. The van der Waals surface area contributed by atoms with E-state index in [1.807, 2.05) is 11.3 Å². The molecule has 0 spiro atoms. The molecule has 1 aliphatic rings. The molecule has 0 saturated carbocycles. The Kier molecular flexibility index (Phi) is 4.38. The Bertz CT molecular complexity index is 321. The highest BCUT2D eigenvalue weighted by atomic mass is 32.1. The molecule has 1 N–H and O–H groups in total. The summed E-state index contributed by atoms with van der Waals surface area (Å²) in [4.78, 5) is 5.32. The van der Waals surface area contributed by atoms with Crippen molar-refractivity contribution in [3.05, 3.63) is 21.9 Å². The van der Waals surface area contributed by atoms with E-state index >= 15 is 0 Å². The van der Waals surface area contributed by atoms with Gasteiger partial charge >= 0.3 is 0 Å². The predicted octanol–water partition coefficient (Wildman–Crippen LogP) is 2.49. The van der Waals surface area contributed by atoms with E-state index in [1.54, 1.807) is 0 Å². The topological polar surface area (TPSA) is 15.3 Å². The number of piperidine rings is 1. The molecule has 1 unspecified atom stereocenters. The van der Waals surface area contributed by atoms with E-state index in [9.17, 15) is 0 Å². The van der Waals surface area contributed by atoms with Crippen molar-refractivity contribution >= 4 is 11.3 Å². The molecular weight excluding hydrogens is 216 g/mol. The number of nitrogens with zero attached hydrogens (tertiary/aromatic N) is 1. The molecular formula is C13H22N2S. The molecule has 0 bridgehead atoms. The first kappa shape index (κ1) is 12.1. The summed E-state index contributed by atoms with van der Waals surface area (Å²) in [6.45, 7) is 6.92. The maximum Gasteiger partial charge on any atom is 0.0299 e. The molecule has 2 nitrogen and oxygen atoms in total. The second-order valence-corrected chi connectivity index (χ2v) is 6.29. The average Bonchev–Trinajstić information content (AvgIpc) is 2.64. The minimum absolute atomic E-state index is 0.847. The van der Waals surface area contributed by atoms with Gasteiger partial charge in [0, 0.05) is 22.8 Å². The van der Waals surface area contributed by atoms with Crippen LogP contribution in [0, 0.1) is 12.8 Å². The summed E-state index contributed by atoms with van der Waals surface area (Å²) in [5.41, 5.74) is 0. The van der Waals surface area contributed by atoms with E-state index in [4.69, 9.17) is 0 Å². The van der Waals surface area contributed by atoms with E-state index in [0.717, 1.165) is 12.5 Å². The molecule has 0 radical (unpaired) electrons. The van der Waals surface area contributed by atoms with Crippen LogP contribution < -0.4 is 5.32 Å². The van der Waals surface area contributed by atoms with Crippen LogP contribution in [0.25, 0.3) is 0 Å². The van der Waals surface area contributed by atoms with Crippen LogP contribution >= 0.6 is 11.3 Å². The van der Waals surface area contributed by atoms with Crippen LogP contribution in [0.3, 0.4) is 0 Å². The molecule has 90 valence electrons. The number of hydrogen-bond donors (Lipinski definition) is 1. The largest absolute Gasteiger partial charge is 0.312 e. The van der Waals surface area contributed by atoms with Crippen molar-refractivity contribution in [2.45, 2.75) is 26.3 Å². The van der Waals surface area contributed by atoms with Gasteiger partial charge < -0.3 is 10.2 Å². The van der Waals surface area contributed by atoms with Gasteiger partial charge in [0.15, 0.2) is 0 Å². The van der Waals surface area contributed by atoms with E-state index < -0.39 is 0 Å². The first-order valence-corrected chi connectivity index (χ1v) is 7.00. The quantitative estimate of drug-likeness (QED) is 0.867. The fourth-order valence-corrected chi connectivity index (χ4v) is 3.28. The zero-order valence-electron chi connectivity index (χ0n) is 10.3. The average molecular weight is 238 g/mol. The number of nitrogens with one attached hydrogen (secondary N) is 1. The van der Waals surface area contributed by atoms with Gasteiger partial charge in [0.25, 0.3) is 0 Å². The van der Waals surface area contributed by atoms with Gasteiger partial charge in [-0.3, -0.25) is 0 Å². The maximum absolute atomic E-state index is 3.59. The lowest BCUT2D eigenvalue weighted by atomic mass is 9.98. The Morgan fingerprint density at radius 1 is 1.50 bits per heavy atom. The van der Waals surface area contributed by atoms with Gasteiger partial charge in [0.2, 0.25) is 0 Å². The Balaban J connectivity index is 1.67. The Labute approximate surface area is 103 Å². The molecule has 1 saturated heterocycles. The van der Waals surface area contributed by atoms with Crippen molar-refractivity contribution in [2.75, 3.05) is 26.7 Å². The van der Waals surface area contributed by atoms with Crippen LogP contribution in [0.2, 0.25) is 0 Å². The van der Waals surface area contributed by atoms with Crippen LogP contribution in [-0.4, -0.2) is 31.6 Å². The smallest absolute Gasteiger partial charge is 0.0299 e. The predicted molar refractivity (Wildman–Crippen MR) is 71.0 cm³/mol. The first-order chi connectivity index (χ1) is 7.74. The van der Waals surface area contributed by atoms with E-state index in [0.29, 0.717) is 0 Å². The third-order valence-corrected chi connectivity index (χ3v) is 4.25. The minimum atomic E-state index is 0.847. The first-order valence-electron chi connectivity index (χ1n) is 6.18. The highest BCUT2D eigenvalue weighted by molar-refractivity contribution is 7.11. The zero-order chi connectivity index (χ0) is 11.4. The summed E-state index contributed by atoms with van der Waals surface area (Å²) in [7, 11) is 2.23. The lowest BCUT2D eigenvalue weighted by Crippen LogP contribution is -2.37. The number of hydrogen-bond acceptors (Lipinski definition) is 3. The second-order valence-electron chi connectivity index (χ2n) is 4.91. The number of aryl methyl sites for hydroxylation is 1. The zero-order valence-corrected chi connectivity index (χ0v) is 11.1. The van der Waals surface area contributed by atoms with Crippen LogP contribution in [0.1, 0.15) is 22.6 Å². The monoisotopic (exact) mass is 238 g/mol. The van der Waals surface area contributed by atoms with E-state index in [2.05, 4.69) is 36.3 Å². The molecule has 16 heavy (non-hydrogen) atoms. The van der Waals surface area contributed by atoms with Crippen molar-refractivity contribution < 1.29 is 0 Å². The fraction of sp³-hybridized carbons (Fsp3) is 0.692. The Morgan fingerprint density at radius 2 is 2.38 bits per heavy atom. The lowest BCUT2D eigenvalue weighted by molar-refractivity contribution is 0.206. The number of likely N-dealkylation sites (tertiary alicyclic amines) is 1. The van der Waals surface area contributed by atoms with Crippen molar-refractivity contribution in [1.29, 1.82) is 0 Å². The van der Waals surface area contributed by atoms with Crippen LogP contribution in [0.15, 0.2) is 12.1 Å². The standard InChI is InChI=1S/C13H22N2S/c1-11-5-6-13(16-11)9-14-8-12-4-3-7-15(2)10-12/h5-6,12,14H,3-4,7-10H2,1-2H3. The van der Waals surface area contributed by atoms with Crippen molar-refractivity contribution in [1.82, 2.24) is 10.2 Å². The summed E-state index contributed by atoms with van der Waals surface area (Å²) >= 11 is 1.90. The van der Waals surface area contributed by atoms with Gasteiger partial charge in [-0.1, -0.05) is 0 Å². The molecule has 1 atom stereocenters. The number of thiophene rings is 1. The highest BCUT2D eigenvalue weighted by Gasteiger charge is 2.16. The summed E-state index contributed by atoms with van der Waals surface area (Å²) in [5, 5.41) is 3.59. The summed E-state index contributed by atoms with van der Waals surface area (Å²) in [5.74, 6) is 0.847. The van der Waals surface area contributed by atoms with Crippen molar-refractivity contribution in [3.63, 3.8) is 0 Å². The third kappa shape index (κ3) is 3.58. The Hall–Kier alpha value is -0.380. The van der Waals surface area contributed by atoms with Crippen LogP contribution in [-0.2, 0) is 6.54 Å². The van der Waals surface area contributed by atoms with Crippen molar-refractivity contribution in [2.24, 2.45) is 5.92 Å². The van der Waals surface area contributed by atoms with Gasteiger partial charge in [-0.05, 0) is 58.0 Å². The Morgan fingerprint density at radius 3 is 3.06 bits per heavy atom. The second kappa shape index (κ2) is 5.80. The highest BCUT2D eigenvalue weighted by Crippen LogP contribution is 2.16. The summed E-state index contributed by atoms with van der Waals surface area (Å²) in [6.07, 6.45) is 2.75. The molecule has 1 aliphatic heterocycles. The van der Waals surface area contributed by atoms with Crippen LogP contribution in [0.4, 0.5) is 0 Å². The number of rotatable bonds is 4. The van der Waals surface area contributed by atoms with Gasteiger partial charge in [0.1, 0.15) is 0 Å². The molecule has 3 heteroatoms. The van der Waals surface area contributed by atoms with Crippen LogP contribution in [0.5, 0.6) is 0 Å². The van der Waals surface area contributed by atoms with Crippen molar-refractivity contribution in [3.8, 4) is 0 Å². The van der Waals surface area contributed by atoms with E-state index in [1.165, 1.54) is 42.2 Å². The van der Waals surface area contributed by atoms with Gasteiger partial charge in [-0.25, -0.2) is 0 Å². The fourth-order valence-electron chi connectivity index (χ4n) is 2.42. The molecule has 0 aliphatic carbocycles. The summed E-state index contributed by atoms with van der Waals surface area (Å²) < 4.78 is 0. The van der Waals surface area contributed by atoms with E-state index in [-0.39, 0.29) is 0 Å². The van der Waals surface area contributed by atoms with Gasteiger partial charge in [0.05, 0.1) is 0 Å². The van der Waals surface area contributed by atoms with Gasteiger partial charge in [-0.2, -0.15) is 0 Å². The SMILES string of the molecule is Cc1ccc(CNCC2CCCN(C)C2)s1. The molecule has 1 aromatic heterocycles. The van der Waals surface area contributed by atoms with Gasteiger partial charge in [-0.15, -0.1) is 11.3 Å². The molecule has 2 rings (SSSR count). The third-order valence-electron chi connectivity index (χ3n) is 3.25. The maximum atomic E-state index is 3.59. The minimum Gasteiger partial charge on any atom is -0.312 e. The molecule has 2 heterocycles.